The molecule has 2 N–H and O–H groups in total. The number of hydrogen-bond acceptors (Lipinski definition) is 4. The smallest absolute Gasteiger partial charge is 0.191 e. The highest BCUT2D eigenvalue weighted by molar-refractivity contribution is 9.10. The molecule has 1 aromatic rings. The van der Waals surface area contributed by atoms with Crippen LogP contribution in [0.1, 0.15) is 11.6 Å². The highest BCUT2D eigenvalue weighted by atomic mass is 79.9. The van der Waals surface area contributed by atoms with Crippen LogP contribution >= 0.6 is 15.9 Å². The van der Waals surface area contributed by atoms with Crippen molar-refractivity contribution in [3.05, 3.63) is 28.5 Å². The number of aromatic nitrogens is 1. The van der Waals surface area contributed by atoms with Gasteiger partial charge in [-0.15, -0.1) is 0 Å². The number of aliphatic imine (C=N–C) groups is 1. The van der Waals surface area contributed by atoms with E-state index in [4.69, 9.17) is 5.73 Å². The molecule has 5 heteroatoms. The molecule has 0 radical (unpaired) electrons. The zero-order valence-corrected chi connectivity index (χ0v) is 9.40. The Hall–Kier alpha value is -1.10. The van der Waals surface area contributed by atoms with Crippen LogP contribution < -0.4 is 5.73 Å². The van der Waals surface area contributed by atoms with Crippen molar-refractivity contribution in [1.82, 2.24) is 9.88 Å². The maximum absolute atomic E-state index is 5.69. The standard InChI is InChI=1S/C9H11BrN4/c1-14-8(5-13-9(14)11)6-2-7(10)4-12-3-6/h2-4,8H,5H2,1H3,(H2,11,13). The average Bonchev–Trinajstić information content (AvgIpc) is 2.48. The lowest BCUT2D eigenvalue weighted by atomic mass is 10.1. The van der Waals surface area contributed by atoms with Crippen LogP contribution in [0.3, 0.4) is 0 Å². The van der Waals surface area contributed by atoms with Crippen molar-refractivity contribution < 1.29 is 0 Å². The van der Waals surface area contributed by atoms with E-state index < -0.39 is 0 Å². The predicted octanol–water partition coefficient (Wildman–Crippen LogP) is 1.15. The zero-order valence-electron chi connectivity index (χ0n) is 7.81. The normalized spacial score (nSPS) is 21.1. The second-order valence-corrected chi connectivity index (χ2v) is 4.18. The molecule has 0 spiro atoms. The summed E-state index contributed by atoms with van der Waals surface area (Å²) in [5.74, 6) is 0.593. The van der Waals surface area contributed by atoms with E-state index in [1.165, 1.54) is 0 Å². The third-order valence-electron chi connectivity index (χ3n) is 2.37. The first-order chi connectivity index (χ1) is 6.68. The summed E-state index contributed by atoms with van der Waals surface area (Å²) in [4.78, 5) is 10.3. The Labute approximate surface area is 91.0 Å². The topological polar surface area (TPSA) is 54.5 Å². The maximum Gasteiger partial charge on any atom is 0.191 e. The van der Waals surface area contributed by atoms with Gasteiger partial charge in [-0.25, -0.2) is 0 Å². The number of nitrogens with two attached hydrogens (primary N) is 1. The van der Waals surface area contributed by atoms with Gasteiger partial charge in [0.15, 0.2) is 5.96 Å². The molecule has 1 atom stereocenters. The van der Waals surface area contributed by atoms with Crippen molar-refractivity contribution in [3.63, 3.8) is 0 Å². The van der Waals surface area contributed by atoms with Gasteiger partial charge in [-0.2, -0.15) is 0 Å². The highest BCUT2D eigenvalue weighted by Crippen LogP contribution is 2.24. The first kappa shape index (κ1) is 9.45. The first-order valence-electron chi connectivity index (χ1n) is 4.31. The molecule has 0 aliphatic carbocycles. The van der Waals surface area contributed by atoms with Crippen LogP contribution in [0.5, 0.6) is 0 Å². The van der Waals surface area contributed by atoms with Crippen LogP contribution in [0.25, 0.3) is 0 Å². The van der Waals surface area contributed by atoms with Gasteiger partial charge in [0.1, 0.15) is 0 Å². The van der Waals surface area contributed by atoms with Crippen LogP contribution in [0.4, 0.5) is 0 Å². The van der Waals surface area contributed by atoms with Gasteiger partial charge in [0.2, 0.25) is 0 Å². The Balaban J connectivity index is 2.26. The summed E-state index contributed by atoms with van der Waals surface area (Å²) in [6.45, 7) is 0.709. The molecule has 1 aliphatic heterocycles. The van der Waals surface area contributed by atoms with Crippen molar-refractivity contribution in [2.45, 2.75) is 6.04 Å². The summed E-state index contributed by atoms with van der Waals surface area (Å²) in [7, 11) is 1.94. The molecule has 0 saturated heterocycles. The van der Waals surface area contributed by atoms with E-state index in [1.807, 2.05) is 24.2 Å². The Morgan fingerprint density at radius 2 is 2.36 bits per heavy atom. The summed E-state index contributed by atoms with van der Waals surface area (Å²) in [6.07, 6.45) is 3.61. The minimum absolute atomic E-state index is 0.222. The van der Waals surface area contributed by atoms with E-state index in [0.717, 1.165) is 10.0 Å². The van der Waals surface area contributed by atoms with E-state index in [1.54, 1.807) is 6.20 Å². The molecule has 0 bridgehead atoms. The molecular weight excluding hydrogens is 244 g/mol. The van der Waals surface area contributed by atoms with Gasteiger partial charge in [0.25, 0.3) is 0 Å². The third kappa shape index (κ3) is 1.59. The summed E-state index contributed by atoms with van der Waals surface area (Å²) in [6, 6.07) is 2.27. The number of hydrogen-bond donors (Lipinski definition) is 1. The monoisotopic (exact) mass is 254 g/mol. The lowest BCUT2D eigenvalue weighted by Crippen LogP contribution is -2.32. The van der Waals surface area contributed by atoms with Crippen LogP contribution in [0.15, 0.2) is 27.9 Å². The third-order valence-corrected chi connectivity index (χ3v) is 2.80. The number of halogens is 1. The number of rotatable bonds is 1. The predicted molar refractivity (Wildman–Crippen MR) is 58.9 cm³/mol. The highest BCUT2D eigenvalue weighted by Gasteiger charge is 2.24. The number of likely N-dealkylation sites (N-methyl/N-ethyl adjacent to an activating group) is 1. The van der Waals surface area contributed by atoms with Crippen molar-refractivity contribution in [1.29, 1.82) is 0 Å². The number of nitrogens with zero attached hydrogens (tertiary/aromatic N) is 3. The Bertz CT molecular complexity index is 377. The number of pyridine rings is 1. The molecule has 0 amide bonds. The molecule has 1 aliphatic rings. The van der Waals surface area contributed by atoms with Crippen LogP contribution in [-0.2, 0) is 0 Å². The fourth-order valence-electron chi connectivity index (χ4n) is 1.51. The first-order valence-corrected chi connectivity index (χ1v) is 5.11. The molecule has 2 heterocycles. The van der Waals surface area contributed by atoms with Gasteiger partial charge in [-0.3, -0.25) is 9.98 Å². The largest absolute Gasteiger partial charge is 0.370 e. The molecule has 1 unspecified atom stereocenters. The Morgan fingerprint density at radius 3 is 2.93 bits per heavy atom. The molecule has 0 fully saturated rings. The fraction of sp³-hybridized carbons (Fsp3) is 0.333. The lowest BCUT2D eigenvalue weighted by Gasteiger charge is -2.21. The van der Waals surface area contributed by atoms with Crippen molar-refractivity contribution in [3.8, 4) is 0 Å². The van der Waals surface area contributed by atoms with Crippen LogP contribution in [-0.4, -0.2) is 29.4 Å². The average molecular weight is 255 g/mol. The maximum atomic E-state index is 5.69. The van der Waals surface area contributed by atoms with Gasteiger partial charge in [-0.1, -0.05) is 0 Å². The van der Waals surface area contributed by atoms with Crippen LogP contribution in [0, 0.1) is 0 Å². The SMILES string of the molecule is CN1C(N)=NCC1c1cncc(Br)c1. The zero-order chi connectivity index (χ0) is 10.1. The molecule has 74 valence electrons. The van der Waals surface area contributed by atoms with Crippen molar-refractivity contribution in [2.24, 2.45) is 10.7 Å². The molecule has 2 rings (SSSR count). The minimum atomic E-state index is 0.222. The van der Waals surface area contributed by atoms with E-state index in [-0.39, 0.29) is 6.04 Å². The van der Waals surface area contributed by atoms with Gasteiger partial charge in [0, 0.05) is 23.9 Å². The summed E-state index contributed by atoms with van der Waals surface area (Å²) >= 11 is 3.39. The molecule has 1 aromatic heterocycles. The molecule has 4 nitrogen and oxygen atoms in total. The quantitative estimate of drug-likeness (QED) is 0.818. The Kier molecular flexibility index (Phi) is 2.41. The van der Waals surface area contributed by atoms with Gasteiger partial charge in [0.05, 0.1) is 12.6 Å². The van der Waals surface area contributed by atoms with E-state index in [0.29, 0.717) is 12.5 Å². The fourth-order valence-corrected chi connectivity index (χ4v) is 1.90. The Morgan fingerprint density at radius 1 is 1.57 bits per heavy atom. The minimum Gasteiger partial charge on any atom is -0.370 e. The van der Waals surface area contributed by atoms with Gasteiger partial charge in [-0.05, 0) is 27.6 Å². The molecular formula is C9H11BrN4. The second-order valence-electron chi connectivity index (χ2n) is 3.26. The van der Waals surface area contributed by atoms with Gasteiger partial charge >= 0.3 is 0 Å². The molecule has 0 aromatic carbocycles. The summed E-state index contributed by atoms with van der Waals surface area (Å²) in [5, 5.41) is 0. The lowest BCUT2D eigenvalue weighted by molar-refractivity contribution is 0.413. The van der Waals surface area contributed by atoms with E-state index >= 15 is 0 Å². The van der Waals surface area contributed by atoms with E-state index in [9.17, 15) is 0 Å². The van der Waals surface area contributed by atoms with Crippen LogP contribution in [0.2, 0.25) is 0 Å². The molecule has 0 saturated carbocycles. The van der Waals surface area contributed by atoms with Crippen molar-refractivity contribution >= 4 is 21.9 Å². The van der Waals surface area contributed by atoms with E-state index in [2.05, 4.69) is 25.9 Å². The second kappa shape index (κ2) is 3.57. The summed E-state index contributed by atoms with van der Waals surface area (Å²) < 4.78 is 0.980. The number of guanidine groups is 1. The molecule has 14 heavy (non-hydrogen) atoms. The van der Waals surface area contributed by atoms with Gasteiger partial charge < -0.3 is 10.6 Å². The van der Waals surface area contributed by atoms with Crippen molar-refractivity contribution in [2.75, 3.05) is 13.6 Å². The summed E-state index contributed by atoms with van der Waals surface area (Å²) in [5.41, 5.74) is 6.82.